The van der Waals surface area contributed by atoms with E-state index >= 15 is 0 Å². The van der Waals surface area contributed by atoms with Gasteiger partial charge in [-0.15, -0.1) is 0 Å². The Bertz CT molecular complexity index is 493. The van der Waals surface area contributed by atoms with Crippen LogP contribution in [0.25, 0.3) is 0 Å². The van der Waals surface area contributed by atoms with Crippen LogP contribution in [-0.2, 0) is 4.79 Å². The fourth-order valence-electron chi connectivity index (χ4n) is 1.70. The Hall–Kier alpha value is -1.80. The van der Waals surface area contributed by atoms with E-state index in [1.54, 1.807) is 13.0 Å². The number of nitro groups is 1. The van der Waals surface area contributed by atoms with Crippen LogP contribution in [0.5, 0.6) is 5.75 Å². The molecule has 0 spiro atoms. The van der Waals surface area contributed by atoms with Gasteiger partial charge in [-0.25, -0.2) is 0 Å². The molecule has 0 aromatic heterocycles. The van der Waals surface area contributed by atoms with Crippen molar-refractivity contribution in [3.05, 3.63) is 34.4 Å². The molecule has 0 bridgehead atoms. The lowest BCUT2D eigenvalue weighted by molar-refractivity contribution is -0.385. The number of hydrogen-bond donors (Lipinski definition) is 2. The van der Waals surface area contributed by atoms with Gasteiger partial charge in [-0.2, -0.15) is 11.8 Å². The van der Waals surface area contributed by atoms with E-state index in [2.05, 4.69) is 5.32 Å². The molecule has 0 heterocycles. The highest BCUT2D eigenvalue weighted by molar-refractivity contribution is 7.99. The predicted octanol–water partition coefficient (Wildman–Crippen LogP) is 1.20. The van der Waals surface area contributed by atoms with Crippen molar-refractivity contribution in [2.75, 3.05) is 19.5 Å². The molecule has 0 saturated heterocycles. The van der Waals surface area contributed by atoms with Gasteiger partial charge in [-0.05, 0) is 19.2 Å². The summed E-state index contributed by atoms with van der Waals surface area (Å²) in [6.07, 6.45) is 1.84. The molecule has 116 valence electrons. The summed E-state index contributed by atoms with van der Waals surface area (Å²) in [6.45, 7) is 1.41. The topological polar surface area (TPSA) is 102 Å². The summed E-state index contributed by atoms with van der Waals surface area (Å²) in [5.74, 6) is -0.345. The second-order valence-electron chi connectivity index (χ2n) is 4.33. The first-order valence-electron chi connectivity index (χ1n) is 6.28. The minimum Gasteiger partial charge on any atom is -0.477 e. The first-order chi connectivity index (χ1) is 9.99. The predicted molar refractivity (Wildman–Crippen MR) is 80.6 cm³/mol. The van der Waals surface area contributed by atoms with Crippen LogP contribution in [0.4, 0.5) is 5.69 Å². The number of benzene rings is 1. The Morgan fingerprint density at radius 3 is 2.76 bits per heavy atom. The molecule has 2 atom stereocenters. The van der Waals surface area contributed by atoms with Gasteiger partial charge in [-0.3, -0.25) is 14.9 Å². The van der Waals surface area contributed by atoms with Crippen LogP contribution in [0.15, 0.2) is 24.3 Å². The van der Waals surface area contributed by atoms with Crippen molar-refractivity contribution in [3.63, 3.8) is 0 Å². The Morgan fingerprint density at radius 2 is 2.19 bits per heavy atom. The minimum atomic E-state index is -0.564. The average Bonchev–Trinajstić information content (AvgIpc) is 2.46. The van der Waals surface area contributed by atoms with Gasteiger partial charge in [0, 0.05) is 17.4 Å². The fourth-order valence-corrected chi connectivity index (χ4v) is 2.32. The number of nitrogens with one attached hydrogen (secondary N) is 1. The van der Waals surface area contributed by atoms with Crippen molar-refractivity contribution in [2.45, 2.75) is 18.2 Å². The fraction of sp³-hybridized carbons (Fsp3) is 0.462. The molecule has 21 heavy (non-hydrogen) atoms. The molecule has 1 aromatic carbocycles. The number of hydrogen-bond acceptors (Lipinski definition) is 6. The lowest BCUT2D eigenvalue weighted by Crippen LogP contribution is -2.43. The van der Waals surface area contributed by atoms with Crippen molar-refractivity contribution in [1.82, 2.24) is 5.32 Å². The highest BCUT2D eigenvalue weighted by Crippen LogP contribution is 2.25. The molecule has 0 fully saturated rings. The standard InChI is InChI=1S/C13H18N2O5S/c1-9(12(7-16)21-2)14-13(17)8-20-11-6-4-3-5-10(11)15(18)19/h3-6,9,12,16H,7-8H2,1-2H3,(H,14,17). The lowest BCUT2D eigenvalue weighted by Gasteiger charge is -2.21. The first-order valence-corrected chi connectivity index (χ1v) is 7.57. The highest BCUT2D eigenvalue weighted by Gasteiger charge is 2.19. The van der Waals surface area contributed by atoms with E-state index in [4.69, 9.17) is 9.84 Å². The van der Waals surface area contributed by atoms with Crippen molar-refractivity contribution in [3.8, 4) is 5.75 Å². The highest BCUT2D eigenvalue weighted by atomic mass is 32.2. The monoisotopic (exact) mass is 314 g/mol. The summed E-state index contributed by atoms with van der Waals surface area (Å²) < 4.78 is 5.19. The zero-order valence-corrected chi connectivity index (χ0v) is 12.6. The third-order valence-corrected chi connectivity index (χ3v) is 4.01. The number of ether oxygens (including phenoxy) is 1. The van der Waals surface area contributed by atoms with E-state index in [0.29, 0.717) is 0 Å². The molecule has 7 nitrogen and oxygen atoms in total. The molecule has 0 aliphatic rings. The Labute approximate surface area is 126 Å². The van der Waals surface area contributed by atoms with E-state index in [1.807, 2.05) is 6.26 Å². The number of amides is 1. The van der Waals surface area contributed by atoms with Crippen LogP contribution >= 0.6 is 11.8 Å². The number of nitro benzene ring substituents is 1. The third kappa shape index (κ3) is 5.24. The van der Waals surface area contributed by atoms with E-state index < -0.39 is 10.8 Å². The van der Waals surface area contributed by atoms with Crippen LogP contribution in [0.2, 0.25) is 0 Å². The number of thioether (sulfide) groups is 1. The number of nitrogens with zero attached hydrogens (tertiary/aromatic N) is 1. The second kappa shape index (κ2) is 8.48. The van der Waals surface area contributed by atoms with Gasteiger partial charge in [0.25, 0.3) is 5.91 Å². The summed E-state index contributed by atoms with van der Waals surface area (Å²) in [4.78, 5) is 22.0. The smallest absolute Gasteiger partial charge is 0.310 e. The van der Waals surface area contributed by atoms with Gasteiger partial charge >= 0.3 is 5.69 Å². The largest absolute Gasteiger partial charge is 0.477 e. The molecule has 0 aliphatic heterocycles. The average molecular weight is 314 g/mol. The minimum absolute atomic E-state index is 0.0480. The van der Waals surface area contributed by atoms with Crippen molar-refractivity contribution >= 4 is 23.4 Å². The van der Waals surface area contributed by atoms with E-state index in [1.165, 1.54) is 30.0 Å². The summed E-state index contributed by atoms with van der Waals surface area (Å²) in [5.41, 5.74) is -0.185. The summed E-state index contributed by atoms with van der Waals surface area (Å²) >= 11 is 1.45. The SMILES string of the molecule is CSC(CO)C(C)NC(=O)COc1ccccc1[N+](=O)[O-]. The number of carbonyl (C=O) groups excluding carboxylic acids is 1. The van der Waals surface area contributed by atoms with E-state index in [-0.39, 0.29) is 35.9 Å². The van der Waals surface area contributed by atoms with Crippen LogP contribution in [0.1, 0.15) is 6.92 Å². The van der Waals surface area contributed by atoms with Crippen LogP contribution in [0.3, 0.4) is 0 Å². The normalized spacial score (nSPS) is 13.3. The van der Waals surface area contributed by atoms with Gasteiger partial charge in [0.2, 0.25) is 0 Å². The third-order valence-electron chi connectivity index (χ3n) is 2.85. The quantitative estimate of drug-likeness (QED) is 0.552. The molecule has 8 heteroatoms. The number of para-hydroxylation sites is 2. The number of aliphatic hydroxyl groups is 1. The molecule has 0 saturated carbocycles. The zero-order valence-electron chi connectivity index (χ0n) is 11.8. The van der Waals surface area contributed by atoms with Crippen molar-refractivity contribution in [2.24, 2.45) is 0 Å². The Kier molecular flexibility index (Phi) is 6.97. The van der Waals surface area contributed by atoms with Crippen LogP contribution < -0.4 is 10.1 Å². The molecule has 2 unspecified atom stereocenters. The van der Waals surface area contributed by atoms with Crippen LogP contribution in [0, 0.1) is 10.1 Å². The molecule has 1 amide bonds. The molecule has 2 N–H and O–H groups in total. The number of carbonyl (C=O) groups is 1. The molecule has 1 aromatic rings. The maximum atomic E-state index is 11.7. The van der Waals surface area contributed by atoms with Gasteiger partial charge in [0.05, 0.1) is 11.5 Å². The lowest BCUT2D eigenvalue weighted by atomic mass is 10.2. The summed E-state index contributed by atoms with van der Waals surface area (Å²) in [5, 5.41) is 22.5. The van der Waals surface area contributed by atoms with Crippen LogP contribution in [-0.4, -0.2) is 46.7 Å². The van der Waals surface area contributed by atoms with Crippen molar-refractivity contribution in [1.29, 1.82) is 0 Å². The Morgan fingerprint density at radius 1 is 1.52 bits per heavy atom. The Balaban J connectivity index is 2.56. The van der Waals surface area contributed by atoms with Gasteiger partial charge in [0.1, 0.15) is 0 Å². The number of aliphatic hydroxyl groups excluding tert-OH is 1. The first kappa shape index (κ1) is 17.3. The molecular weight excluding hydrogens is 296 g/mol. The van der Waals surface area contributed by atoms with E-state index in [9.17, 15) is 14.9 Å². The molecule has 0 aliphatic carbocycles. The summed E-state index contributed by atoms with van der Waals surface area (Å²) in [7, 11) is 0. The molecule has 0 radical (unpaired) electrons. The van der Waals surface area contributed by atoms with Crippen molar-refractivity contribution < 1.29 is 19.6 Å². The molecular formula is C13H18N2O5S. The second-order valence-corrected chi connectivity index (χ2v) is 5.40. The van der Waals surface area contributed by atoms with Gasteiger partial charge in [-0.1, -0.05) is 12.1 Å². The van der Waals surface area contributed by atoms with E-state index in [0.717, 1.165) is 0 Å². The zero-order chi connectivity index (χ0) is 15.8. The van der Waals surface area contributed by atoms with Gasteiger partial charge < -0.3 is 15.2 Å². The maximum Gasteiger partial charge on any atom is 0.310 e. The molecule has 1 rings (SSSR count). The number of rotatable bonds is 8. The maximum absolute atomic E-state index is 11.7. The summed E-state index contributed by atoms with van der Waals surface area (Å²) in [6, 6.07) is 5.64. The van der Waals surface area contributed by atoms with Gasteiger partial charge in [0.15, 0.2) is 12.4 Å².